The van der Waals surface area contributed by atoms with Crippen LogP contribution in [0, 0.1) is 17.3 Å². The number of rotatable bonds is 4. The second-order valence-electron chi connectivity index (χ2n) is 7.33. The van der Waals surface area contributed by atoms with Crippen molar-refractivity contribution in [3.8, 4) is 0 Å². The largest absolute Gasteiger partial charge is 0.317 e. The van der Waals surface area contributed by atoms with Crippen molar-refractivity contribution in [1.82, 2.24) is 10.2 Å². The number of nitrogens with one attached hydrogen (secondary N) is 1. The van der Waals surface area contributed by atoms with Gasteiger partial charge in [-0.25, -0.2) is 0 Å². The quantitative estimate of drug-likeness (QED) is 0.812. The Morgan fingerprint density at radius 2 is 1.88 bits per heavy atom. The number of nitrogens with zero attached hydrogens (tertiary/aromatic N) is 1. The van der Waals surface area contributed by atoms with Crippen molar-refractivity contribution < 1.29 is 0 Å². The summed E-state index contributed by atoms with van der Waals surface area (Å²) in [5.41, 5.74) is 0.407. The van der Waals surface area contributed by atoms with Crippen LogP contribution in [0.15, 0.2) is 0 Å². The second-order valence-corrected chi connectivity index (χ2v) is 7.33. The van der Waals surface area contributed by atoms with Gasteiger partial charge in [-0.15, -0.1) is 0 Å². The minimum Gasteiger partial charge on any atom is -0.317 e. The minimum atomic E-state index is 0.407. The maximum absolute atomic E-state index is 3.52. The Morgan fingerprint density at radius 3 is 2.41 bits per heavy atom. The van der Waals surface area contributed by atoms with Crippen LogP contribution in [-0.4, -0.2) is 38.1 Å². The van der Waals surface area contributed by atoms with E-state index >= 15 is 0 Å². The van der Waals surface area contributed by atoms with Crippen molar-refractivity contribution in [3.63, 3.8) is 0 Å². The smallest absolute Gasteiger partial charge is 0.0105 e. The molecule has 102 valence electrons. The average molecular weight is 240 g/mol. The first-order valence-corrected chi connectivity index (χ1v) is 7.17. The van der Waals surface area contributed by atoms with Crippen LogP contribution >= 0.6 is 0 Å². The predicted molar refractivity (Wildman–Crippen MR) is 76.3 cm³/mol. The molecule has 0 saturated heterocycles. The standard InChI is InChI=1S/C15H32N2/c1-12-7-8-14(16-5)13(9-12)10-17(6)11-15(2,3)4/h12-14,16H,7-11H2,1-6H3. The van der Waals surface area contributed by atoms with Gasteiger partial charge in [-0.3, -0.25) is 0 Å². The molecule has 1 N–H and O–H groups in total. The number of hydrogen-bond donors (Lipinski definition) is 1. The Kier molecular flexibility index (Phi) is 5.46. The van der Waals surface area contributed by atoms with E-state index in [1.165, 1.54) is 32.4 Å². The van der Waals surface area contributed by atoms with Gasteiger partial charge in [0.05, 0.1) is 0 Å². The highest BCUT2D eigenvalue weighted by Gasteiger charge is 2.28. The molecular weight excluding hydrogens is 208 g/mol. The molecule has 1 fully saturated rings. The molecule has 1 aliphatic carbocycles. The van der Waals surface area contributed by atoms with Crippen LogP contribution in [-0.2, 0) is 0 Å². The van der Waals surface area contributed by atoms with Crippen molar-refractivity contribution in [2.24, 2.45) is 17.3 Å². The van der Waals surface area contributed by atoms with E-state index in [9.17, 15) is 0 Å². The van der Waals surface area contributed by atoms with E-state index in [1.807, 2.05) is 0 Å². The lowest BCUT2D eigenvalue weighted by atomic mass is 9.78. The van der Waals surface area contributed by atoms with Crippen molar-refractivity contribution in [2.75, 3.05) is 27.2 Å². The lowest BCUT2D eigenvalue weighted by molar-refractivity contribution is 0.140. The third-order valence-corrected chi connectivity index (χ3v) is 3.91. The summed E-state index contributed by atoms with van der Waals surface area (Å²) in [6.07, 6.45) is 4.14. The topological polar surface area (TPSA) is 15.3 Å². The van der Waals surface area contributed by atoms with Crippen molar-refractivity contribution in [2.45, 2.75) is 53.0 Å². The molecule has 0 aromatic carbocycles. The first kappa shape index (κ1) is 15.0. The fourth-order valence-electron chi connectivity index (χ4n) is 3.36. The normalized spacial score (nSPS) is 30.9. The molecule has 0 aromatic heterocycles. The molecule has 0 aliphatic heterocycles. The van der Waals surface area contributed by atoms with Crippen molar-refractivity contribution >= 4 is 0 Å². The molecule has 3 unspecified atom stereocenters. The SMILES string of the molecule is CNC1CCC(C)CC1CN(C)CC(C)(C)C. The van der Waals surface area contributed by atoms with Crippen LogP contribution in [0.3, 0.4) is 0 Å². The molecule has 0 amide bonds. The minimum absolute atomic E-state index is 0.407. The van der Waals surface area contributed by atoms with Gasteiger partial charge in [0.1, 0.15) is 0 Å². The molecule has 0 bridgehead atoms. The molecule has 1 saturated carbocycles. The monoisotopic (exact) mass is 240 g/mol. The van der Waals surface area contributed by atoms with E-state index in [2.05, 4.69) is 52.0 Å². The highest BCUT2D eigenvalue weighted by Crippen LogP contribution is 2.29. The van der Waals surface area contributed by atoms with Gasteiger partial charge in [-0.1, -0.05) is 27.7 Å². The van der Waals surface area contributed by atoms with Crippen LogP contribution in [0.1, 0.15) is 47.0 Å². The molecule has 0 heterocycles. The summed E-state index contributed by atoms with van der Waals surface area (Å²) in [6.45, 7) is 11.8. The summed E-state index contributed by atoms with van der Waals surface area (Å²) in [4.78, 5) is 2.52. The summed E-state index contributed by atoms with van der Waals surface area (Å²) < 4.78 is 0. The summed E-state index contributed by atoms with van der Waals surface area (Å²) >= 11 is 0. The van der Waals surface area contributed by atoms with E-state index in [0.717, 1.165) is 17.9 Å². The van der Waals surface area contributed by atoms with E-state index in [4.69, 9.17) is 0 Å². The maximum atomic E-state index is 3.52. The van der Waals surface area contributed by atoms with E-state index in [-0.39, 0.29) is 0 Å². The third-order valence-electron chi connectivity index (χ3n) is 3.91. The first-order chi connectivity index (χ1) is 7.81. The molecule has 0 spiro atoms. The van der Waals surface area contributed by atoms with E-state index < -0.39 is 0 Å². The van der Waals surface area contributed by atoms with Gasteiger partial charge in [0.2, 0.25) is 0 Å². The van der Waals surface area contributed by atoms with Gasteiger partial charge in [-0.2, -0.15) is 0 Å². The summed E-state index contributed by atoms with van der Waals surface area (Å²) in [6, 6.07) is 0.730. The van der Waals surface area contributed by atoms with Gasteiger partial charge >= 0.3 is 0 Å². The molecule has 2 heteroatoms. The van der Waals surface area contributed by atoms with Crippen molar-refractivity contribution in [1.29, 1.82) is 0 Å². The molecule has 3 atom stereocenters. The first-order valence-electron chi connectivity index (χ1n) is 7.17. The fourth-order valence-corrected chi connectivity index (χ4v) is 3.36. The van der Waals surface area contributed by atoms with Gasteiger partial charge in [0.15, 0.2) is 0 Å². The van der Waals surface area contributed by atoms with Crippen LogP contribution in [0.5, 0.6) is 0 Å². The van der Waals surface area contributed by atoms with Crippen molar-refractivity contribution in [3.05, 3.63) is 0 Å². The molecule has 1 rings (SSSR count). The Hall–Kier alpha value is -0.0800. The van der Waals surface area contributed by atoms with E-state index in [0.29, 0.717) is 5.41 Å². The second kappa shape index (κ2) is 6.19. The zero-order valence-electron chi connectivity index (χ0n) is 12.7. The molecule has 0 aromatic rings. The molecule has 0 radical (unpaired) electrons. The Morgan fingerprint density at radius 1 is 1.24 bits per heavy atom. The van der Waals surface area contributed by atoms with Gasteiger partial charge in [0, 0.05) is 19.1 Å². The average Bonchev–Trinajstić information content (AvgIpc) is 2.14. The lowest BCUT2D eigenvalue weighted by Crippen LogP contribution is -2.44. The van der Waals surface area contributed by atoms with Crippen LogP contribution < -0.4 is 5.32 Å². The fraction of sp³-hybridized carbons (Fsp3) is 1.00. The maximum Gasteiger partial charge on any atom is 0.0105 e. The Bertz CT molecular complexity index is 219. The number of hydrogen-bond acceptors (Lipinski definition) is 2. The van der Waals surface area contributed by atoms with Gasteiger partial charge in [-0.05, 0) is 50.6 Å². The Labute approximate surface area is 108 Å². The molecule has 17 heavy (non-hydrogen) atoms. The summed E-state index contributed by atoms with van der Waals surface area (Å²) in [5.74, 6) is 1.74. The van der Waals surface area contributed by atoms with Crippen LogP contribution in [0.25, 0.3) is 0 Å². The van der Waals surface area contributed by atoms with Gasteiger partial charge in [0.25, 0.3) is 0 Å². The highest BCUT2D eigenvalue weighted by atomic mass is 15.1. The lowest BCUT2D eigenvalue weighted by Gasteiger charge is -2.38. The highest BCUT2D eigenvalue weighted by molar-refractivity contribution is 4.84. The third kappa shape index (κ3) is 5.39. The molecule has 1 aliphatic rings. The van der Waals surface area contributed by atoms with E-state index in [1.54, 1.807) is 0 Å². The zero-order chi connectivity index (χ0) is 13.1. The molecule has 2 nitrogen and oxygen atoms in total. The van der Waals surface area contributed by atoms with Crippen LogP contribution in [0.2, 0.25) is 0 Å². The summed E-state index contributed by atoms with van der Waals surface area (Å²) in [7, 11) is 4.40. The predicted octanol–water partition coefficient (Wildman–Crippen LogP) is 2.99. The van der Waals surface area contributed by atoms with Crippen LogP contribution in [0.4, 0.5) is 0 Å². The van der Waals surface area contributed by atoms with Gasteiger partial charge < -0.3 is 10.2 Å². The Balaban J connectivity index is 2.46. The molecular formula is C15H32N2. The zero-order valence-corrected chi connectivity index (χ0v) is 12.7. The summed E-state index contributed by atoms with van der Waals surface area (Å²) in [5, 5.41) is 3.52.